The van der Waals surface area contributed by atoms with Gasteiger partial charge in [0.1, 0.15) is 12.6 Å². The highest BCUT2D eigenvalue weighted by Crippen LogP contribution is 2.33. The molecule has 1 spiro atoms. The summed E-state index contributed by atoms with van der Waals surface area (Å²) < 4.78 is 0. The number of piperazine rings is 1. The zero-order chi connectivity index (χ0) is 20.5. The summed E-state index contributed by atoms with van der Waals surface area (Å²) in [5.74, 6) is -1.22. The second-order valence-corrected chi connectivity index (χ2v) is 8.24. The number of hydrogen-bond donors (Lipinski definition) is 1. The molecule has 2 atom stereocenters. The van der Waals surface area contributed by atoms with Crippen molar-refractivity contribution >= 4 is 23.7 Å². The maximum absolute atomic E-state index is 13.2. The zero-order valence-electron chi connectivity index (χ0n) is 16.7. The lowest BCUT2D eigenvalue weighted by Crippen LogP contribution is -2.64. The summed E-state index contributed by atoms with van der Waals surface area (Å²) in [6, 6.07) is -0.381. The Morgan fingerprint density at radius 3 is 2.57 bits per heavy atom. The van der Waals surface area contributed by atoms with Crippen LogP contribution in [0.4, 0.5) is 0 Å². The fourth-order valence-corrected chi connectivity index (χ4v) is 4.82. The first kappa shape index (κ1) is 20.6. The lowest BCUT2D eigenvalue weighted by molar-refractivity contribution is -0.146. The summed E-state index contributed by atoms with van der Waals surface area (Å²) in [6.45, 7) is 4.04. The molecule has 3 fully saturated rings. The van der Waals surface area contributed by atoms with Gasteiger partial charge in [-0.25, -0.2) is 0 Å². The van der Waals surface area contributed by atoms with Gasteiger partial charge < -0.3 is 19.8 Å². The number of hydrogen-bond acceptors (Lipinski definition) is 5. The molecule has 3 saturated heterocycles. The van der Waals surface area contributed by atoms with Crippen molar-refractivity contribution in [1.29, 1.82) is 0 Å². The molecule has 0 aliphatic carbocycles. The number of likely N-dealkylation sites (tertiary alicyclic amines) is 2. The number of likely N-dealkylation sites (N-methyl/N-ethyl adjacent to an activating group) is 1. The molecule has 1 N–H and O–H groups in total. The van der Waals surface area contributed by atoms with E-state index >= 15 is 0 Å². The van der Waals surface area contributed by atoms with Gasteiger partial charge in [-0.05, 0) is 32.7 Å². The average Bonchev–Trinajstić information content (AvgIpc) is 3.09. The Bertz CT molecular complexity index is 669. The molecule has 3 rings (SSSR count). The quantitative estimate of drug-likeness (QED) is 0.699. The normalized spacial score (nSPS) is 29.3. The number of rotatable bonds is 3. The molecule has 0 aromatic heterocycles. The molecular formula is C19H30N4O5. The molecule has 0 aromatic rings. The molecule has 28 heavy (non-hydrogen) atoms. The molecule has 9 heteroatoms. The van der Waals surface area contributed by atoms with E-state index in [0.717, 1.165) is 6.42 Å². The van der Waals surface area contributed by atoms with Crippen molar-refractivity contribution in [2.24, 2.45) is 0 Å². The lowest BCUT2D eigenvalue weighted by atomic mass is 9.86. The van der Waals surface area contributed by atoms with Crippen LogP contribution in [0.2, 0.25) is 0 Å². The van der Waals surface area contributed by atoms with Crippen molar-refractivity contribution < 1.29 is 24.3 Å². The predicted octanol–water partition coefficient (Wildman–Crippen LogP) is -0.393. The van der Waals surface area contributed by atoms with Crippen molar-refractivity contribution in [3.8, 4) is 0 Å². The Kier molecular flexibility index (Phi) is 5.92. The summed E-state index contributed by atoms with van der Waals surface area (Å²) in [5.41, 5.74) is -0.337. The highest BCUT2D eigenvalue weighted by Gasteiger charge is 2.45. The third kappa shape index (κ3) is 3.99. The maximum Gasteiger partial charge on any atom is 0.323 e. The van der Waals surface area contributed by atoms with Crippen LogP contribution in [0.3, 0.4) is 0 Å². The largest absolute Gasteiger partial charge is 0.480 e. The van der Waals surface area contributed by atoms with Gasteiger partial charge in [-0.1, -0.05) is 0 Å². The van der Waals surface area contributed by atoms with Crippen LogP contribution in [-0.4, -0.2) is 106 Å². The molecule has 1 unspecified atom stereocenters. The fraction of sp³-hybridized carbons (Fsp3) is 0.789. The number of nitrogens with zero attached hydrogens (tertiary/aromatic N) is 4. The van der Waals surface area contributed by atoms with Crippen molar-refractivity contribution in [3.63, 3.8) is 0 Å². The minimum Gasteiger partial charge on any atom is -0.480 e. The van der Waals surface area contributed by atoms with E-state index in [1.54, 1.807) is 4.90 Å². The monoisotopic (exact) mass is 394 g/mol. The Labute approximate surface area is 165 Å². The fourth-order valence-electron chi connectivity index (χ4n) is 4.82. The first-order valence-corrected chi connectivity index (χ1v) is 10.0. The van der Waals surface area contributed by atoms with Gasteiger partial charge in [0.05, 0.1) is 0 Å². The minimum absolute atomic E-state index is 0.00172. The van der Waals surface area contributed by atoms with E-state index in [9.17, 15) is 19.2 Å². The Morgan fingerprint density at radius 1 is 1.14 bits per heavy atom. The van der Waals surface area contributed by atoms with Crippen LogP contribution in [0.15, 0.2) is 0 Å². The summed E-state index contributed by atoms with van der Waals surface area (Å²) in [4.78, 5) is 55.5. The first-order chi connectivity index (χ1) is 13.2. The van der Waals surface area contributed by atoms with Gasteiger partial charge in [0.25, 0.3) is 0 Å². The molecule has 0 aromatic carbocycles. The molecule has 156 valence electrons. The van der Waals surface area contributed by atoms with Crippen molar-refractivity contribution in [1.82, 2.24) is 19.6 Å². The molecule has 3 amide bonds. The van der Waals surface area contributed by atoms with Gasteiger partial charge in [-0.2, -0.15) is 0 Å². The summed E-state index contributed by atoms with van der Waals surface area (Å²) in [7, 11) is 2.01. The van der Waals surface area contributed by atoms with Gasteiger partial charge in [-0.3, -0.25) is 24.1 Å². The van der Waals surface area contributed by atoms with E-state index in [4.69, 9.17) is 5.11 Å². The molecular weight excluding hydrogens is 364 g/mol. The summed E-state index contributed by atoms with van der Waals surface area (Å²) in [6.07, 6.45) is 3.05. The van der Waals surface area contributed by atoms with Crippen LogP contribution in [0.5, 0.6) is 0 Å². The average molecular weight is 394 g/mol. The van der Waals surface area contributed by atoms with E-state index in [0.29, 0.717) is 52.0 Å². The molecule has 0 bridgehead atoms. The third-order valence-corrected chi connectivity index (χ3v) is 6.58. The van der Waals surface area contributed by atoms with Crippen LogP contribution < -0.4 is 0 Å². The lowest BCUT2D eigenvalue weighted by Gasteiger charge is -2.50. The highest BCUT2D eigenvalue weighted by atomic mass is 16.4. The number of aliphatic carboxylic acids is 1. The first-order valence-electron chi connectivity index (χ1n) is 10.0. The SMILES string of the molecule is CC(=O)N1CCC[C@@H]1C(=O)N1CCN(C)C2(CCC(=O)N(CC(=O)O)CC2)C1. The molecule has 3 aliphatic heterocycles. The number of carbonyl (C=O) groups is 4. The van der Waals surface area contributed by atoms with Crippen LogP contribution in [0.1, 0.15) is 39.0 Å². The van der Waals surface area contributed by atoms with E-state index < -0.39 is 5.97 Å². The third-order valence-electron chi connectivity index (χ3n) is 6.58. The number of carboxylic acid groups (broad SMARTS) is 1. The maximum atomic E-state index is 13.2. The summed E-state index contributed by atoms with van der Waals surface area (Å²) >= 11 is 0. The molecule has 0 saturated carbocycles. The van der Waals surface area contributed by atoms with E-state index in [-0.39, 0.29) is 42.3 Å². The van der Waals surface area contributed by atoms with Gasteiger partial charge in [0.15, 0.2) is 0 Å². The topological polar surface area (TPSA) is 101 Å². The van der Waals surface area contributed by atoms with Gasteiger partial charge in [-0.15, -0.1) is 0 Å². The van der Waals surface area contributed by atoms with Crippen LogP contribution in [-0.2, 0) is 19.2 Å². The predicted molar refractivity (Wildman–Crippen MR) is 100 cm³/mol. The zero-order valence-corrected chi connectivity index (χ0v) is 16.7. The second-order valence-electron chi connectivity index (χ2n) is 8.24. The van der Waals surface area contributed by atoms with Gasteiger partial charge in [0, 0.05) is 51.6 Å². The van der Waals surface area contributed by atoms with E-state index in [1.165, 1.54) is 11.8 Å². The Hall–Kier alpha value is -2.16. The number of amides is 3. The van der Waals surface area contributed by atoms with Gasteiger partial charge >= 0.3 is 5.97 Å². The molecule has 3 heterocycles. The van der Waals surface area contributed by atoms with Crippen LogP contribution in [0.25, 0.3) is 0 Å². The number of carbonyl (C=O) groups excluding carboxylic acids is 3. The Morgan fingerprint density at radius 2 is 1.89 bits per heavy atom. The minimum atomic E-state index is -1.01. The Balaban J connectivity index is 1.73. The number of carboxylic acids is 1. The molecule has 3 aliphatic rings. The molecule has 0 radical (unpaired) electrons. The van der Waals surface area contributed by atoms with Crippen molar-refractivity contribution in [3.05, 3.63) is 0 Å². The molecule has 9 nitrogen and oxygen atoms in total. The van der Waals surface area contributed by atoms with E-state index in [2.05, 4.69) is 4.90 Å². The van der Waals surface area contributed by atoms with Gasteiger partial charge in [0.2, 0.25) is 17.7 Å². The van der Waals surface area contributed by atoms with Crippen LogP contribution >= 0.6 is 0 Å². The van der Waals surface area contributed by atoms with Crippen molar-refractivity contribution in [2.75, 3.05) is 46.3 Å². The summed E-state index contributed by atoms with van der Waals surface area (Å²) in [5, 5.41) is 9.05. The van der Waals surface area contributed by atoms with Crippen LogP contribution in [0, 0.1) is 0 Å². The standard InChI is InChI=1S/C19H30N4O5/c1-14(24)23-8-3-4-15(23)18(28)22-11-10-20(2)19(13-22)6-5-16(25)21(9-7-19)12-17(26)27/h15H,3-13H2,1-2H3,(H,26,27)/t15-,19?/m1/s1. The smallest absolute Gasteiger partial charge is 0.323 e. The highest BCUT2D eigenvalue weighted by molar-refractivity contribution is 5.87. The van der Waals surface area contributed by atoms with E-state index in [1.807, 2.05) is 11.9 Å². The second kappa shape index (κ2) is 8.06. The van der Waals surface area contributed by atoms with Crippen molar-refractivity contribution in [2.45, 2.75) is 50.6 Å².